The van der Waals surface area contributed by atoms with Crippen molar-refractivity contribution in [3.8, 4) is 0 Å². The van der Waals surface area contributed by atoms with E-state index in [0.717, 1.165) is 16.7 Å². The van der Waals surface area contributed by atoms with Gasteiger partial charge in [-0.15, -0.1) is 0 Å². The molecule has 1 saturated heterocycles. The third kappa shape index (κ3) is 6.56. The minimum Gasteiger partial charge on any atom is -0.378 e. The number of morpholine rings is 1. The van der Waals surface area contributed by atoms with Crippen LogP contribution in [0.15, 0.2) is 72.9 Å². The van der Waals surface area contributed by atoms with E-state index in [1.54, 1.807) is 11.8 Å². The summed E-state index contributed by atoms with van der Waals surface area (Å²) in [6, 6.07) is 19.6. The van der Waals surface area contributed by atoms with E-state index in [0.29, 0.717) is 50.7 Å². The first-order chi connectivity index (χ1) is 17.0. The van der Waals surface area contributed by atoms with E-state index in [9.17, 15) is 9.59 Å². The van der Waals surface area contributed by atoms with Crippen LogP contribution >= 0.6 is 0 Å². The summed E-state index contributed by atoms with van der Waals surface area (Å²) in [7, 11) is 0. The first-order valence-corrected chi connectivity index (χ1v) is 12.0. The second-order valence-electron chi connectivity index (χ2n) is 8.77. The molecule has 0 bridgehead atoms. The van der Waals surface area contributed by atoms with E-state index in [-0.39, 0.29) is 11.7 Å². The number of nitrogens with zero attached hydrogens (tertiary/aromatic N) is 2. The van der Waals surface area contributed by atoms with Crippen molar-refractivity contribution in [3.05, 3.63) is 101 Å². The van der Waals surface area contributed by atoms with Crippen molar-refractivity contribution in [1.82, 2.24) is 9.47 Å². The SMILES string of the molecule is Cc1ccc(C(=O)c2cccn2Cc2ccc(C=CCO[C@H](C)C(=O)N3CCOCC3)cc2)cc1. The third-order valence-electron chi connectivity index (χ3n) is 6.13. The average molecular weight is 473 g/mol. The lowest BCUT2D eigenvalue weighted by molar-refractivity contribution is -0.145. The van der Waals surface area contributed by atoms with Gasteiger partial charge in [-0.3, -0.25) is 9.59 Å². The number of aryl methyl sites for hydroxylation is 1. The first-order valence-electron chi connectivity index (χ1n) is 12.0. The van der Waals surface area contributed by atoms with Crippen molar-refractivity contribution in [1.29, 1.82) is 0 Å². The van der Waals surface area contributed by atoms with Gasteiger partial charge in [-0.25, -0.2) is 0 Å². The van der Waals surface area contributed by atoms with Gasteiger partial charge in [0.05, 0.1) is 25.5 Å². The molecule has 6 nitrogen and oxygen atoms in total. The first kappa shape index (κ1) is 24.6. The van der Waals surface area contributed by atoms with Crippen LogP contribution in [0.25, 0.3) is 6.08 Å². The number of hydrogen-bond acceptors (Lipinski definition) is 4. The van der Waals surface area contributed by atoms with Crippen LogP contribution in [0.2, 0.25) is 0 Å². The quantitative estimate of drug-likeness (QED) is 0.435. The smallest absolute Gasteiger partial charge is 0.251 e. The van der Waals surface area contributed by atoms with Crippen LogP contribution in [0.3, 0.4) is 0 Å². The Bertz CT molecular complexity index is 1160. The zero-order valence-corrected chi connectivity index (χ0v) is 20.4. The lowest BCUT2D eigenvalue weighted by atomic mass is 10.1. The molecule has 0 unspecified atom stereocenters. The van der Waals surface area contributed by atoms with Gasteiger partial charge in [0.1, 0.15) is 6.10 Å². The van der Waals surface area contributed by atoms with Crippen LogP contribution in [-0.2, 0) is 20.8 Å². The highest BCUT2D eigenvalue weighted by atomic mass is 16.5. The molecular weight excluding hydrogens is 440 g/mol. The minimum absolute atomic E-state index is 0.0105. The average Bonchev–Trinajstić information content (AvgIpc) is 3.35. The lowest BCUT2D eigenvalue weighted by Gasteiger charge is -2.29. The van der Waals surface area contributed by atoms with Gasteiger partial charge in [0.25, 0.3) is 5.91 Å². The molecule has 0 N–H and O–H groups in total. The van der Waals surface area contributed by atoms with Gasteiger partial charge in [0.15, 0.2) is 0 Å². The Morgan fingerprint density at radius 3 is 2.46 bits per heavy atom. The van der Waals surface area contributed by atoms with Crippen molar-refractivity contribution < 1.29 is 19.1 Å². The molecule has 2 aromatic carbocycles. The summed E-state index contributed by atoms with van der Waals surface area (Å²) in [4.78, 5) is 27.1. The molecule has 1 atom stereocenters. The number of ketones is 1. The van der Waals surface area contributed by atoms with E-state index in [4.69, 9.17) is 9.47 Å². The summed E-state index contributed by atoms with van der Waals surface area (Å²) in [6.45, 7) is 7.21. The maximum Gasteiger partial charge on any atom is 0.251 e. The molecule has 3 aromatic rings. The van der Waals surface area contributed by atoms with Crippen molar-refractivity contribution in [2.45, 2.75) is 26.5 Å². The summed E-state index contributed by atoms with van der Waals surface area (Å²) in [6.07, 6.45) is 5.37. The van der Waals surface area contributed by atoms with Crippen LogP contribution in [0.4, 0.5) is 0 Å². The Labute approximate surface area is 206 Å². The van der Waals surface area contributed by atoms with Gasteiger partial charge in [0.2, 0.25) is 5.78 Å². The van der Waals surface area contributed by atoms with Crippen LogP contribution in [0, 0.1) is 6.92 Å². The van der Waals surface area contributed by atoms with Gasteiger partial charge in [0, 0.05) is 31.4 Å². The Morgan fingerprint density at radius 1 is 1.03 bits per heavy atom. The van der Waals surface area contributed by atoms with Crippen molar-refractivity contribution >= 4 is 17.8 Å². The van der Waals surface area contributed by atoms with Gasteiger partial charge >= 0.3 is 0 Å². The number of carbonyl (C=O) groups excluding carboxylic acids is 2. The number of amides is 1. The standard InChI is InChI=1S/C29H32N2O4/c1-22-7-13-26(14-8-22)28(32)27-6-3-15-31(27)21-25-11-9-24(10-12-25)5-4-18-35-23(2)29(33)30-16-19-34-20-17-30/h3-15,23H,16-21H2,1-2H3/t23-/m1/s1. The van der Waals surface area contributed by atoms with E-state index < -0.39 is 6.10 Å². The van der Waals surface area contributed by atoms with Crippen molar-refractivity contribution in [2.75, 3.05) is 32.9 Å². The van der Waals surface area contributed by atoms with Crippen molar-refractivity contribution in [3.63, 3.8) is 0 Å². The topological polar surface area (TPSA) is 60.8 Å². The molecule has 6 heteroatoms. The molecule has 35 heavy (non-hydrogen) atoms. The van der Waals surface area contributed by atoms with E-state index in [1.807, 2.05) is 78.4 Å². The van der Waals surface area contributed by atoms with Gasteiger partial charge in [-0.1, -0.05) is 66.2 Å². The highest BCUT2D eigenvalue weighted by Crippen LogP contribution is 2.15. The van der Waals surface area contributed by atoms with Crippen LogP contribution < -0.4 is 0 Å². The fourth-order valence-corrected chi connectivity index (χ4v) is 4.04. The fraction of sp³-hybridized carbons (Fsp3) is 0.310. The van der Waals surface area contributed by atoms with E-state index in [1.165, 1.54) is 0 Å². The number of benzene rings is 2. The second kappa shape index (κ2) is 11.8. The number of rotatable bonds is 9. The lowest BCUT2D eigenvalue weighted by Crippen LogP contribution is -2.45. The number of ether oxygens (including phenoxy) is 2. The molecule has 1 amide bonds. The molecule has 4 rings (SSSR count). The third-order valence-corrected chi connectivity index (χ3v) is 6.13. The fourth-order valence-electron chi connectivity index (χ4n) is 4.04. The molecule has 0 aliphatic carbocycles. The van der Waals surface area contributed by atoms with E-state index in [2.05, 4.69) is 12.1 Å². The normalized spacial score (nSPS) is 14.9. The molecule has 2 heterocycles. The molecule has 1 fully saturated rings. The molecular formula is C29H32N2O4. The largest absolute Gasteiger partial charge is 0.378 e. The van der Waals surface area contributed by atoms with Crippen LogP contribution in [0.5, 0.6) is 0 Å². The molecule has 182 valence electrons. The van der Waals surface area contributed by atoms with Crippen molar-refractivity contribution in [2.24, 2.45) is 0 Å². The minimum atomic E-state index is -0.474. The second-order valence-corrected chi connectivity index (χ2v) is 8.77. The summed E-state index contributed by atoms with van der Waals surface area (Å²) in [5.41, 5.74) is 4.66. The maximum absolute atomic E-state index is 12.9. The predicted molar refractivity (Wildman–Crippen MR) is 136 cm³/mol. The molecule has 1 aliphatic heterocycles. The Morgan fingerprint density at radius 2 is 1.74 bits per heavy atom. The molecule has 0 spiro atoms. The van der Waals surface area contributed by atoms with E-state index >= 15 is 0 Å². The molecule has 1 aliphatic rings. The summed E-state index contributed by atoms with van der Waals surface area (Å²) in [5.74, 6) is 0.0344. The highest BCUT2D eigenvalue weighted by Gasteiger charge is 2.22. The summed E-state index contributed by atoms with van der Waals surface area (Å²) < 4.78 is 13.0. The van der Waals surface area contributed by atoms with Gasteiger partial charge < -0.3 is 18.9 Å². The highest BCUT2D eigenvalue weighted by molar-refractivity contribution is 6.08. The maximum atomic E-state index is 12.9. The summed E-state index contributed by atoms with van der Waals surface area (Å²) >= 11 is 0. The van der Waals surface area contributed by atoms with Crippen LogP contribution in [0.1, 0.15) is 39.7 Å². The zero-order valence-electron chi connectivity index (χ0n) is 20.4. The van der Waals surface area contributed by atoms with Gasteiger partial charge in [-0.05, 0) is 37.1 Å². The number of carbonyl (C=O) groups is 2. The van der Waals surface area contributed by atoms with Gasteiger partial charge in [-0.2, -0.15) is 0 Å². The predicted octanol–water partition coefficient (Wildman–Crippen LogP) is 4.35. The Balaban J connectivity index is 1.29. The Hall–Kier alpha value is -3.48. The number of hydrogen-bond donors (Lipinski definition) is 0. The zero-order chi connectivity index (χ0) is 24.6. The molecule has 0 radical (unpaired) electrons. The molecule has 1 aromatic heterocycles. The number of aromatic nitrogens is 1. The Kier molecular flexibility index (Phi) is 8.29. The molecule has 0 saturated carbocycles. The summed E-state index contributed by atoms with van der Waals surface area (Å²) in [5, 5.41) is 0. The van der Waals surface area contributed by atoms with Crippen LogP contribution in [-0.4, -0.2) is 60.2 Å². The monoisotopic (exact) mass is 472 g/mol.